The molecule has 0 aromatic heterocycles. The molecule has 3 heterocycles. The van der Waals surface area contributed by atoms with Crippen molar-refractivity contribution in [2.45, 2.75) is 68.1 Å². The average Bonchev–Trinajstić information content (AvgIpc) is 3.42. The van der Waals surface area contributed by atoms with Crippen LogP contribution in [0.3, 0.4) is 0 Å². The van der Waals surface area contributed by atoms with Gasteiger partial charge < -0.3 is 54.3 Å². The molecule has 9 atom stereocenters. The van der Waals surface area contributed by atoms with Gasteiger partial charge in [0.2, 0.25) is 0 Å². The highest BCUT2D eigenvalue weighted by Crippen LogP contribution is 2.33. The number of rotatable bonds is 9. The van der Waals surface area contributed by atoms with Crippen molar-refractivity contribution in [1.82, 2.24) is 0 Å². The molecule has 6 N–H and O–H groups in total. The molecule has 4 rings (SSSR count). The minimum Gasteiger partial charge on any atom is -0.485 e. The van der Waals surface area contributed by atoms with Crippen molar-refractivity contribution in [3.05, 3.63) is 41.5 Å². The molecule has 3 aliphatic rings. The van der Waals surface area contributed by atoms with E-state index in [0.29, 0.717) is 23.3 Å². The van der Waals surface area contributed by atoms with Crippen LogP contribution in [0.15, 0.2) is 30.4 Å². The first kappa shape index (κ1) is 27.1. The number of aliphatic hydroxyl groups is 6. The van der Waals surface area contributed by atoms with E-state index in [1.165, 1.54) is 6.92 Å². The van der Waals surface area contributed by atoms with Gasteiger partial charge in [0.1, 0.15) is 48.0 Å². The molecule has 36 heavy (non-hydrogen) atoms. The van der Waals surface area contributed by atoms with Gasteiger partial charge in [0.25, 0.3) is 0 Å². The summed E-state index contributed by atoms with van der Waals surface area (Å²) in [5, 5.41) is 60.3. The van der Waals surface area contributed by atoms with Crippen LogP contribution in [-0.4, -0.2) is 118 Å². The minimum absolute atomic E-state index is 0.0517. The number of benzene rings is 1. The fraction of sp³-hybridized carbons (Fsp3) is 0.625. The Labute approximate surface area is 207 Å². The molecule has 12 heteroatoms. The lowest BCUT2D eigenvalue weighted by atomic mass is 9.99. The fourth-order valence-electron chi connectivity index (χ4n) is 4.29. The van der Waals surface area contributed by atoms with E-state index in [2.05, 4.69) is 6.58 Å². The number of hydrogen-bond donors (Lipinski definition) is 6. The number of ketones is 1. The highest BCUT2D eigenvalue weighted by atomic mass is 16.7. The summed E-state index contributed by atoms with van der Waals surface area (Å²) in [6, 6.07) is 5.18. The third kappa shape index (κ3) is 5.34. The fourth-order valence-corrected chi connectivity index (χ4v) is 4.29. The summed E-state index contributed by atoms with van der Waals surface area (Å²) in [4.78, 5) is 11.6. The van der Waals surface area contributed by atoms with Crippen LogP contribution in [-0.2, 0) is 25.4 Å². The van der Waals surface area contributed by atoms with Crippen LogP contribution >= 0.6 is 0 Å². The Morgan fingerprint density at radius 2 is 1.89 bits per heavy atom. The van der Waals surface area contributed by atoms with E-state index in [1.807, 2.05) is 0 Å². The molecule has 1 aromatic rings. The van der Waals surface area contributed by atoms with E-state index in [4.69, 9.17) is 23.7 Å². The molecule has 2 fully saturated rings. The number of carbonyl (C=O) groups is 1. The Hall–Kier alpha value is -1.97. The molecule has 0 radical (unpaired) electrons. The SMILES string of the molecule is C=C(CO[C@@H]1O[C@H](CO[C@@H]2OC[C@](O)(CO)[C@H]2O)[C@@H](O)[C@H](O)[C@H]1O)C1Cc2cc(C(C)=O)ccc2O1. The Balaban J connectivity index is 1.31. The van der Waals surface area contributed by atoms with Gasteiger partial charge in [0.05, 0.1) is 26.4 Å². The van der Waals surface area contributed by atoms with Crippen molar-refractivity contribution in [3.63, 3.8) is 0 Å². The second-order valence-electron chi connectivity index (χ2n) is 9.39. The van der Waals surface area contributed by atoms with Gasteiger partial charge in [-0.1, -0.05) is 6.58 Å². The molecule has 0 spiro atoms. The number of ether oxygens (including phenoxy) is 5. The quantitative estimate of drug-likeness (QED) is 0.159. The highest BCUT2D eigenvalue weighted by Gasteiger charge is 2.50. The Morgan fingerprint density at radius 3 is 2.56 bits per heavy atom. The minimum atomic E-state index is -1.88. The maximum Gasteiger partial charge on any atom is 0.187 e. The number of Topliss-reactive ketones (excluding diaryl/α,β-unsaturated/α-hetero) is 1. The van der Waals surface area contributed by atoms with Crippen LogP contribution in [0.1, 0.15) is 22.8 Å². The summed E-state index contributed by atoms with van der Waals surface area (Å²) in [6.07, 6.45) is -10.0. The first-order chi connectivity index (χ1) is 17.0. The topological polar surface area (TPSA) is 185 Å². The molecular formula is C24H32O12. The average molecular weight is 513 g/mol. The lowest BCUT2D eigenvalue weighted by molar-refractivity contribution is -0.308. The zero-order valence-electron chi connectivity index (χ0n) is 19.7. The van der Waals surface area contributed by atoms with Crippen LogP contribution in [0.4, 0.5) is 0 Å². The Bertz CT molecular complexity index is 968. The van der Waals surface area contributed by atoms with Gasteiger partial charge in [0, 0.05) is 12.0 Å². The normalized spacial score (nSPS) is 38.0. The Kier molecular flexibility index (Phi) is 8.12. The van der Waals surface area contributed by atoms with Crippen molar-refractivity contribution in [1.29, 1.82) is 0 Å². The summed E-state index contributed by atoms with van der Waals surface area (Å²) in [5.74, 6) is 0.587. The van der Waals surface area contributed by atoms with E-state index >= 15 is 0 Å². The van der Waals surface area contributed by atoms with Crippen molar-refractivity contribution < 1.29 is 59.1 Å². The standard InChI is InChI=1S/C24H32O12/c1-11(16-6-14-5-13(12(2)26)3-4-15(14)35-16)7-32-22-20(29)19(28)18(27)17(36-22)8-33-23-21(30)24(31,9-25)10-34-23/h3-5,16-23,25,27-31H,1,6-10H2,2H3/t16?,17-,18-,19+,20-,21+,22-,23-,24-/m1/s1. The van der Waals surface area contributed by atoms with Gasteiger partial charge in [-0.15, -0.1) is 0 Å². The van der Waals surface area contributed by atoms with Gasteiger partial charge >= 0.3 is 0 Å². The van der Waals surface area contributed by atoms with Crippen molar-refractivity contribution >= 4 is 5.78 Å². The molecule has 1 unspecified atom stereocenters. The van der Waals surface area contributed by atoms with E-state index in [9.17, 15) is 35.4 Å². The zero-order chi connectivity index (χ0) is 26.2. The molecular weight excluding hydrogens is 480 g/mol. The summed E-state index contributed by atoms with van der Waals surface area (Å²) >= 11 is 0. The molecule has 0 amide bonds. The first-order valence-electron chi connectivity index (χ1n) is 11.6. The lowest BCUT2D eigenvalue weighted by Gasteiger charge is -2.40. The maximum absolute atomic E-state index is 11.6. The summed E-state index contributed by atoms with van der Waals surface area (Å²) in [5.41, 5.74) is 0.0955. The predicted molar refractivity (Wildman–Crippen MR) is 120 cm³/mol. The van der Waals surface area contributed by atoms with Crippen molar-refractivity contribution in [2.24, 2.45) is 0 Å². The molecule has 0 bridgehead atoms. The van der Waals surface area contributed by atoms with E-state index in [1.54, 1.807) is 18.2 Å². The third-order valence-electron chi connectivity index (χ3n) is 6.70. The first-order valence-corrected chi connectivity index (χ1v) is 11.6. The predicted octanol–water partition coefficient (Wildman–Crippen LogP) is -1.97. The molecule has 3 aliphatic heterocycles. The summed E-state index contributed by atoms with van der Waals surface area (Å²) < 4.78 is 27.6. The van der Waals surface area contributed by atoms with Crippen LogP contribution in [0, 0.1) is 0 Å². The second kappa shape index (κ2) is 10.8. The molecule has 1 aromatic carbocycles. The van der Waals surface area contributed by atoms with Gasteiger partial charge in [-0.05, 0) is 36.3 Å². The van der Waals surface area contributed by atoms with E-state index in [0.717, 1.165) is 5.56 Å². The lowest BCUT2D eigenvalue weighted by Crippen LogP contribution is -2.59. The largest absolute Gasteiger partial charge is 0.485 e. The van der Waals surface area contributed by atoms with Crippen LogP contribution in [0.25, 0.3) is 0 Å². The van der Waals surface area contributed by atoms with Gasteiger partial charge in [-0.25, -0.2) is 0 Å². The van der Waals surface area contributed by atoms with Crippen molar-refractivity contribution in [3.8, 4) is 5.75 Å². The number of fused-ring (bicyclic) bond motifs is 1. The molecule has 0 saturated carbocycles. The second-order valence-corrected chi connectivity index (χ2v) is 9.39. The monoisotopic (exact) mass is 512 g/mol. The number of aliphatic hydroxyl groups excluding tert-OH is 5. The summed E-state index contributed by atoms with van der Waals surface area (Å²) in [6.45, 7) is 3.89. The van der Waals surface area contributed by atoms with Crippen LogP contribution in [0.2, 0.25) is 0 Å². The highest BCUT2D eigenvalue weighted by molar-refractivity contribution is 5.94. The van der Waals surface area contributed by atoms with Gasteiger partial charge in [-0.3, -0.25) is 4.79 Å². The smallest absolute Gasteiger partial charge is 0.187 e. The zero-order valence-corrected chi connectivity index (χ0v) is 19.7. The number of hydrogen-bond acceptors (Lipinski definition) is 12. The summed E-state index contributed by atoms with van der Waals surface area (Å²) in [7, 11) is 0. The third-order valence-corrected chi connectivity index (χ3v) is 6.70. The van der Waals surface area contributed by atoms with Crippen molar-refractivity contribution in [2.75, 3.05) is 26.4 Å². The van der Waals surface area contributed by atoms with Crippen LogP contribution < -0.4 is 4.74 Å². The maximum atomic E-state index is 11.6. The molecule has 0 aliphatic carbocycles. The Morgan fingerprint density at radius 1 is 1.14 bits per heavy atom. The van der Waals surface area contributed by atoms with Gasteiger partial charge in [-0.2, -0.15) is 0 Å². The van der Waals surface area contributed by atoms with Crippen LogP contribution in [0.5, 0.6) is 5.75 Å². The molecule has 2 saturated heterocycles. The number of carbonyl (C=O) groups excluding carboxylic acids is 1. The van der Waals surface area contributed by atoms with E-state index in [-0.39, 0.29) is 25.6 Å². The van der Waals surface area contributed by atoms with E-state index < -0.39 is 61.4 Å². The molecule has 200 valence electrons. The van der Waals surface area contributed by atoms with Gasteiger partial charge in [0.15, 0.2) is 18.4 Å². The molecule has 12 nitrogen and oxygen atoms in total.